The van der Waals surface area contributed by atoms with Crippen molar-refractivity contribution in [2.24, 2.45) is 0 Å². The van der Waals surface area contributed by atoms with Crippen LogP contribution in [0.25, 0.3) is 0 Å². The molecule has 1 fully saturated rings. The second-order valence-electron chi connectivity index (χ2n) is 6.86. The number of ether oxygens (including phenoxy) is 2. The Hall–Kier alpha value is -2.39. The second kappa shape index (κ2) is 8.32. The van der Waals surface area contributed by atoms with Crippen molar-refractivity contribution < 1.29 is 17.9 Å². The van der Waals surface area contributed by atoms with E-state index in [-0.39, 0.29) is 11.4 Å². The van der Waals surface area contributed by atoms with Crippen molar-refractivity contribution in [1.29, 1.82) is 0 Å². The summed E-state index contributed by atoms with van der Waals surface area (Å²) >= 11 is 0. The van der Waals surface area contributed by atoms with Crippen molar-refractivity contribution in [2.75, 3.05) is 31.2 Å². The molecule has 1 aromatic carbocycles. The van der Waals surface area contributed by atoms with Crippen molar-refractivity contribution in [3.05, 3.63) is 36.3 Å². The van der Waals surface area contributed by atoms with Crippen LogP contribution in [-0.2, 0) is 16.6 Å². The average molecular weight is 404 g/mol. The number of nitrogens with one attached hydrogen (secondary N) is 1. The minimum Gasteiger partial charge on any atom is -0.490 e. The molecule has 0 bridgehead atoms. The number of anilines is 1. The predicted molar refractivity (Wildman–Crippen MR) is 104 cm³/mol. The molecule has 2 aliphatic heterocycles. The molecule has 0 radical (unpaired) electrons. The Kier molecular flexibility index (Phi) is 5.63. The van der Waals surface area contributed by atoms with Crippen LogP contribution in [-0.4, -0.2) is 44.7 Å². The maximum atomic E-state index is 12.7. The van der Waals surface area contributed by atoms with Crippen LogP contribution < -0.4 is 19.1 Å². The lowest BCUT2D eigenvalue weighted by molar-refractivity contribution is 0.297. The van der Waals surface area contributed by atoms with Gasteiger partial charge in [-0.1, -0.05) is 0 Å². The topological polar surface area (TPSA) is 93.7 Å². The van der Waals surface area contributed by atoms with E-state index in [0.29, 0.717) is 30.5 Å². The molecule has 9 heteroatoms. The summed E-state index contributed by atoms with van der Waals surface area (Å²) in [5.41, 5.74) is 0. The average Bonchev–Trinajstić information content (AvgIpc) is 2.98. The lowest BCUT2D eigenvalue weighted by Gasteiger charge is -2.27. The highest BCUT2D eigenvalue weighted by Gasteiger charge is 2.19. The van der Waals surface area contributed by atoms with E-state index in [1.165, 1.54) is 18.6 Å². The van der Waals surface area contributed by atoms with Crippen LogP contribution in [0.1, 0.15) is 31.5 Å². The Morgan fingerprint density at radius 2 is 1.79 bits per heavy atom. The first-order valence-corrected chi connectivity index (χ1v) is 11.1. The molecule has 1 saturated heterocycles. The SMILES string of the molecule is O=S(=O)(NCc1nccc(N2CCCCC2)n1)c1ccc2c(c1)OCCCO2. The molecule has 0 amide bonds. The number of nitrogens with zero attached hydrogens (tertiary/aromatic N) is 3. The fourth-order valence-corrected chi connectivity index (χ4v) is 4.32. The molecular weight excluding hydrogens is 380 g/mol. The Labute approximate surface area is 164 Å². The van der Waals surface area contributed by atoms with E-state index in [0.717, 1.165) is 38.2 Å². The lowest BCUT2D eigenvalue weighted by Crippen LogP contribution is -2.31. The van der Waals surface area contributed by atoms with E-state index < -0.39 is 10.0 Å². The van der Waals surface area contributed by atoms with Crippen LogP contribution in [0.4, 0.5) is 5.82 Å². The van der Waals surface area contributed by atoms with E-state index in [9.17, 15) is 8.42 Å². The third-order valence-corrected chi connectivity index (χ3v) is 6.22. The highest BCUT2D eigenvalue weighted by molar-refractivity contribution is 7.89. The summed E-state index contributed by atoms with van der Waals surface area (Å²) < 4.78 is 39.1. The van der Waals surface area contributed by atoms with Crippen LogP contribution in [0.15, 0.2) is 35.4 Å². The van der Waals surface area contributed by atoms with Gasteiger partial charge in [0.1, 0.15) is 11.6 Å². The molecule has 3 heterocycles. The molecule has 0 spiro atoms. The van der Waals surface area contributed by atoms with Gasteiger partial charge in [0.25, 0.3) is 0 Å². The van der Waals surface area contributed by atoms with Gasteiger partial charge in [0.2, 0.25) is 10.0 Å². The minimum atomic E-state index is -3.72. The van der Waals surface area contributed by atoms with Crippen molar-refractivity contribution in [3.8, 4) is 11.5 Å². The third-order valence-electron chi connectivity index (χ3n) is 4.82. The van der Waals surface area contributed by atoms with Gasteiger partial charge in [0.05, 0.1) is 24.7 Å². The fourth-order valence-electron chi connectivity index (χ4n) is 3.33. The zero-order chi connectivity index (χ0) is 19.4. The Bertz CT molecular complexity index is 929. The zero-order valence-electron chi connectivity index (χ0n) is 15.6. The maximum Gasteiger partial charge on any atom is 0.241 e. The summed E-state index contributed by atoms with van der Waals surface area (Å²) in [6.45, 7) is 3.03. The molecular formula is C19H24N4O4S. The monoisotopic (exact) mass is 404 g/mol. The Morgan fingerprint density at radius 1 is 1.00 bits per heavy atom. The van der Waals surface area contributed by atoms with Gasteiger partial charge in [-0.2, -0.15) is 0 Å². The fraction of sp³-hybridized carbons (Fsp3) is 0.474. The van der Waals surface area contributed by atoms with Gasteiger partial charge in [0.15, 0.2) is 11.5 Å². The number of aromatic nitrogens is 2. The largest absolute Gasteiger partial charge is 0.490 e. The van der Waals surface area contributed by atoms with E-state index in [2.05, 4.69) is 19.6 Å². The molecule has 1 aromatic heterocycles. The molecule has 0 unspecified atom stereocenters. The summed E-state index contributed by atoms with van der Waals surface area (Å²) in [5.74, 6) is 2.30. The molecule has 4 rings (SSSR count). The smallest absolute Gasteiger partial charge is 0.241 e. The summed E-state index contributed by atoms with van der Waals surface area (Å²) in [6.07, 6.45) is 5.98. The van der Waals surface area contributed by atoms with Crippen LogP contribution in [0.3, 0.4) is 0 Å². The van der Waals surface area contributed by atoms with Gasteiger partial charge in [-0.05, 0) is 37.5 Å². The number of hydrogen-bond donors (Lipinski definition) is 1. The van der Waals surface area contributed by atoms with E-state index in [4.69, 9.17) is 9.47 Å². The van der Waals surface area contributed by atoms with Crippen molar-refractivity contribution in [3.63, 3.8) is 0 Å². The van der Waals surface area contributed by atoms with Gasteiger partial charge < -0.3 is 14.4 Å². The predicted octanol–water partition coefficient (Wildman–Crippen LogP) is 2.11. The molecule has 150 valence electrons. The second-order valence-corrected chi connectivity index (χ2v) is 8.63. The minimum absolute atomic E-state index is 0.0262. The molecule has 2 aliphatic rings. The molecule has 0 aliphatic carbocycles. The number of piperidine rings is 1. The maximum absolute atomic E-state index is 12.7. The first-order chi connectivity index (χ1) is 13.6. The van der Waals surface area contributed by atoms with Gasteiger partial charge in [-0.25, -0.2) is 23.1 Å². The summed E-state index contributed by atoms with van der Waals surface area (Å²) in [5, 5.41) is 0. The quantitative estimate of drug-likeness (QED) is 0.816. The highest BCUT2D eigenvalue weighted by Crippen LogP contribution is 2.31. The van der Waals surface area contributed by atoms with Gasteiger partial charge >= 0.3 is 0 Å². The molecule has 1 N–H and O–H groups in total. The summed E-state index contributed by atoms with van der Waals surface area (Å²) in [7, 11) is -3.72. The number of fused-ring (bicyclic) bond motifs is 1. The normalized spacial score (nSPS) is 17.2. The van der Waals surface area contributed by atoms with Crippen LogP contribution >= 0.6 is 0 Å². The first kappa shape index (κ1) is 18.9. The van der Waals surface area contributed by atoms with E-state index >= 15 is 0 Å². The highest BCUT2D eigenvalue weighted by atomic mass is 32.2. The van der Waals surface area contributed by atoms with Crippen LogP contribution in [0.2, 0.25) is 0 Å². The Morgan fingerprint density at radius 3 is 2.61 bits per heavy atom. The number of hydrogen-bond acceptors (Lipinski definition) is 7. The van der Waals surface area contributed by atoms with Crippen LogP contribution in [0, 0.1) is 0 Å². The summed E-state index contributed by atoms with van der Waals surface area (Å²) in [4.78, 5) is 11.1. The van der Waals surface area contributed by atoms with Gasteiger partial charge in [-0.15, -0.1) is 0 Å². The molecule has 0 atom stereocenters. The number of sulfonamides is 1. The standard InChI is InChI=1S/C19H24N4O4S/c24-28(25,15-5-6-16-17(13-15)27-12-4-11-26-16)21-14-18-20-8-7-19(22-18)23-9-2-1-3-10-23/h5-8,13,21H,1-4,9-12,14H2. The van der Waals surface area contributed by atoms with Gasteiger partial charge in [0, 0.05) is 31.8 Å². The molecule has 8 nitrogen and oxygen atoms in total. The van der Waals surface area contributed by atoms with Crippen molar-refractivity contribution in [2.45, 2.75) is 37.1 Å². The van der Waals surface area contributed by atoms with Crippen molar-refractivity contribution >= 4 is 15.8 Å². The van der Waals surface area contributed by atoms with E-state index in [1.807, 2.05) is 6.07 Å². The molecule has 0 saturated carbocycles. The summed E-state index contributed by atoms with van der Waals surface area (Å²) in [6, 6.07) is 6.50. The molecule has 2 aromatic rings. The first-order valence-electron chi connectivity index (χ1n) is 9.58. The third kappa shape index (κ3) is 4.36. The van der Waals surface area contributed by atoms with Crippen molar-refractivity contribution in [1.82, 2.24) is 14.7 Å². The molecule has 28 heavy (non-hydrogen) atoms. The van der Waals surface area contributed by atoms with E-state index in [1.54, 1.807) is 12.3 Å². The number of benzene rings is 1. The van der Waals surface area contributed by atoms with Gasteiger partial charge in [-0.3, -0.25) is 0 Å². The van der Waals surface area contributed by atoms with Crippen LogP contribution in [0.5, 0.6) is 11.5 Å². The zero-order valence-corrected chi connectivity index (χ0v) is 16.5. The lowest BCUT2D eigenvalue weighted by atomic mass is 10.1. The number of rotatable bonds is 5. The Balaban J connectivity index is 1.46.